The highest BCUT2D eigenvalue weighted by Gasteiger charge is 2.26. The lowest BCUT2D eigenvalue weighted by Gasteiger charge is -2.11. The number of hydrogen-bond donors (Lipinski definition) is 1. The van der Waals surface area contributed by atoms with E-state index in [-0.39, 0.29) is 10.8 Å². The summed E-state index contributed by atoms with van der Waals surface area (Å²) in [5.41, 5.74) is 2.27. The van der Waals surface area contributed by atoms with Gasteiger partial charge in [0.1, 0.15) is 5.69 Å². The minimum absolute atomic E-state index is 0.0101. The first-order valence-corrected chi connectivity index (χ1v) is 9.75. The number of rotatable bonds is 5. The van der Waals surface area contributed by atoms with E-state index in [1.54, 1.807) is 48.5 Å². The molecule has 0 bridgehead atoms. The molecule has 3 aromatic rings. The Labute approximate surface area is 157 Å². The van der Waals surface area contributed by atoms with Crippen molar-refractivity contribution in [3.05, 3.63) is 72.0 Å². The van der Waals surface area contributed by atoms with Crippen molar-refractivity contribution in [1.29, 1.82) is 0 Å². The fourth-order valence-corrected chi connectivity index (χ4v) is 3.58. The molecule has 5 nitrogen and oxygen atoms in total. The Morgan fingerprint density at radius 1 is 1.19 bits per heavy atom. The monoisotopic (exact) mass is 388 g/mol. The van der Waals surface area contributed by atoms with Gasteiger partial charge in [-0.1, -0.05) is 60.1 Å². The van der Waals surface area contributed by atoms with Crippen molar-refractivity contribution in [2.75, 3.05) is 0 Å². The third-order valence-electron chi connectivity index (χ3n) is 4.07. The summed E-state index contributed by atoms with van der Waals surface area (Å²) in [5.74, 6) is 0.341. The third kappa shape index (κ3) is 3.44. The van der Waals surface area contributed by atoms with Crippen LogP contribution in [0.15, 0.2) is 70.6 Å². The fraction of sp³-hybridized carbons (Fsp3) is 0.105. The maximum absolute atomic E-state index is 12.1. The molecule has 2 N–H and O–H groups in total. The molecule has 0 saturated heterocycles. The molecule has 0 amide bonds. The first-order valence-electron chi connectivity index (χ1n) is 7.83. The van der Waals surface area contributed by atoms with Crippen LogP contribution < -0.4 is 5.14 Å². The number of nitrogens with two attached hydrogens (primary N) is 1. The molecule has 1 heterocycles. The van der Waals surface area contributed by atoms with Gasteiger partial charge in [0.2, 0.25) is 10.0 Å². The summed E-state index contributed by atoms with van der Waals surface area (Å²) in [7, 11) is -3.93. The highest BCUT2D eigenvalue weighted by atomic mass is 35.5. The number of sulfonamides is 1. The van der Waals surface area contributed by atoms with Gasteiger partial charge in [0.15, 0.2) is 5.76 Å². The lowest BCUT2D eigenvalue weighted by molar-refractivity contribution is 0.380. The second kappa shape index (κ2) is 7.07. The molecule has 1 unspecified atom stereocenters. The van der Waals surface area contributed by atoms with Crippen molar-refractivity contribution in [1.82, 2.24) is 5.16 Å². The molecule has 0 aliphatic rings. The lowest BCUT2D eigenvalue weighted by atomic mass is 9.94. The predicted molar refractivity (Wildman–Crippen MR) is 102 cm³/mol. The van der Waals surface area contributed by atoms with Crippen LogP contribution in [0.2, 0.25) is 5.02 Å². The Kier molecular flexibility index (Phi) is 5.00. The van der Waals surface area contributed by atoms with Crippen molar-refractivity contribution in [2.24, 2.45) is 5.14 Å². The third-order valence-corrected chi connectivity index (χ3v) is 5.29. The zero-order valence-corrected chi connectivity index (χ0v) is 15.6. The largest absolute Gasteiger partial charge is 0.359 e. The summed E-state index contributed by atoms with van der Waals surface area (Å²) in [6.07, 6.45) is 1.70. The topological polar surface area (TPSA) is 86.2 Å². The zero-order valence-electron chi connectivity index (χ0n) is 14.0. The molecule has 2 aromatic carbocycles. The van der Waals surface area contributed by atoms with Crippen LogP contribution in [-0.2, 0) is 10.0 Å². The molecule has 1 aromatic heterocycles. The average molecular weight is 389 g/mol. The number of nitrogens with zero attached hydrogens (tertiary/aromatic N) is 1. The first-order chi connectivity index (χ1) is 12.3. The minimum atomic E-state index is -3.93. The SMILES string of the molecule is C=CC(C)c1onc(-c2ccc(Cl)cc2)c1-c1ccccc1S(N)(=O)=O. The Hall–Kier alpha value is -2.41. The summed E-state index contributed by atoms with van der Waals surface area (Å²) < 4.78 is 29.7. The molecule has 0 saturated carbocycles. The lowest BCUT2D eigenvalue weighted by Crippen LogP contribution is -2.13. The number of halogens is 1. The van der Waals surface area contributed by atoms with E-state index < -0.39 is 10.0 Å². The quantitative estimate of drug-likeness (QED) is 0.647. The maximum atomic E-state index is 12.1. The van der Waals surface area contributed by atoms with Gasteiger partial charge in [-0.3, -0.25) is 0 Å². The van der Waals surface area contributed by atoms with Crippen molar-refractivity contribution in [3.8, 4) is 22.4 Å². The Morgan fingerprint density at radius 2 is 1.85 bits per heavy atom. The second-order valence-corrected chi connectivity index (χ2v) is 7.81. The van der Waals surface area contributed by atoms with E-state index in [2.05, 4.69) is 11.7 Å². The first kappa shape index (κ1) is 18.4. The van der Waals surface area contributed by atoms with Gasteiger partial charge >= 0.3 is 0 Å². The molecular weight excluding hydrogens is 372 g/mol. The summed E-state index contributed by atoms with van der Waals surface area (Å²) in [4.78, 5) is 0.0101. The van der Waals surface area contributed by atoms with Crippen LogP contribution in [0.25, 0.3) is 22.4 Å². The molecule has 0 aliphatic carbocycles. The predicted octanol–water partition coefficient (Wildman–Crippen LogP) is 4.60. The standard InChI is InChI=1S/C19H17ClN2O3S/c1-3-12(2)19-17(15-6-4-5-7-16(15)26(21,23)24)18(22-25-19)13-8-10-14(20)11-9-13/h3-12H,1H2,2H3,(H2,21,23,24). The van der Waals surface area contributed by atoms with Crippen LogP contribution in [0.1, 0.15) is 18.6 Å². The van der Waals surface area contributed by atoms with Gasteiger partial charge < -0.3 is 4.52 Å². The summed E-state index contributed by atoms with van der Waals surface area (Å²) >= 11 is 5.97. The zero-order chi connectivity index (χ0) is 18.9. The molecule has 7 heteroatoms. The molecule has 0 spiro atoms. The Balaban J connectivity index is 2.34. The van der Waals surface area contributed by atoms with Gasteiger partial charge in [-0.25, -0.2) is 13.6 Å². The van der Waals surface area contributed by atoms with Gasteiger partial charge in [-0.15, -0.1) is 6.58 Å². The molecule has 0 fully saturated rings. The number of hydrogen-bond acceptors (Lipinski definition) is 4. The van der Waals surface area contributed by atoms with Crippen LogP contribution in [0.4, 0.5) is 0 Å². The van der Waals surface area contributed by atoms with Crippen LogP contribution in [0.5, 0.6) is 0 Å². The summed E-state index contributed by atoms with van der Waals surface area (Å²) in [6, 6.07) is 13.6. The van der Waals surface area contributed by atoms with Crippen LogP contribution >= 0.6 is 11.6 Å². The van der Waals surface area contributed by atoms with E-state index in [0.717, 1.165) is 5.56 Å². The maximum Gasteiger partial charge on any atom is 0.238 e. The van der Waals surface area contributed by atoms with Crippen molar-refractivity contribution in [3.63, 3.8) is 0 Å². The molecule has 26 heavy (non-hydrogen) atoms. The van der Waals surface area contributed by atoms with E-state index in [1.165, 1.54) is 6.07 Å². The highest BCUT2D eigenvalue weighted by molar-refractivity contribution is 7.89. The van der Waals surface area contributed by atoms with Crippen molar-refractivity contribution < 1.29 is 12.9 Å². The van der Waals surface area contributed by atoms with Gasteiger partial charge in [-0.05, 0) is 18.2 Å². The molecular formula is C19H17ClN2O3S. The summed E-state index contributed by atoms with van der Waals surface area (Å²) in [5, 5.41) is 10.2. The smallest absolute Gasteiger partial charge is 0.238 e. The van der Waals surface area contributed by atoms with Crippen LogP contribution in [-0.4, -0.2) is 13.6 Å². The summed E-state index contributed by atoms with van der Waals surface area (Å²) in [6.45, 7) is 5.68. The highest BCUT2D eigenvalue weighted by Crippen LogP contribution is 2.40. The van der Waals surface area contributed by atoms with E-state index in [9.17, 15) is 8.42 Å². The van der Waals surface area contributed by atoms with Gasteiger partial charge in [0.05, 0.1) is 10.5 Å². The van der Waals surface area contributed by atoms with E-state index in [4.69, 9.17) is 21.3 Å². The van der Waals surface area contributed by atoms with Gasteiger partial charge in [-0.2, -0.15) is 0 Å². The number of benzene rings is 2. The molecule has 134 valence electrons. The second-order valence-electron chi connectivity index (χ2n) is 5.84. The van der Waals surface area contributed by atoms with Crippen molar-refractivity contribution >= 4 is 21.6 Å². The molecule has 3 rings (SSSR count). The fourth-order valence-electron chi connectivity index (χ4n) is 2.71. The molecule has 1 atom stereocenters. The average Bonchev–Trinajstić information content (AvgIpc) is 3.06. The van der Waals surface area contributed by atoms with Crippen LogP contribution in [0, 0.1) is 0 Å². The van der Waals surface area contributed by atoms with E-state index in [0.29, 0.717) is 27.6 Å². The molecule has 0 aliphatic heterocycles. The normalized spacial score (nSPS) is 12.7. The number of allylic oxidation sites excluding steroid dienone is 1. The number of aromatic nitrogens is 1. The van der Waals surface area contributed by atoms with E-state index >= 15 is 0 Å². The number of primary sulfonamides is 1. The van der Waals surface area contributed by atoms with E-state index in [1.807, 2.05) is 6.92 Å². The Morgan fingerprint density at radius 3 is 2.46 bits per heavy atom. The van der Waals surface area contributed by atoms with Crippen LogP contribution in [0.3, 0.4) is 0 Å². The van der Waals surface area contributed by atoms with Gasteiger partial charge in [0.25, 0.3) is 0 Å². The Bertz CT molecular complexity index is 1060. The minimum Gasteiger partial charge on any atom is -0.359 e. The van der Waals surface area contributed by atoms with Crippen molar-refractivity contribution in [2.45, 2.75) is 17.7 Å². The van der Waals surface area contributed by atoms with Gasteiger partial charge in [0, 0.05) is 22.1 Å². The molecule has 0 radical (unpaired) electrons.